The molecule has 0 radical (unpaired) electrons. The summed E-state index contributed by atoms with van der Waals surface area (Å²) in [5.74, 6) is -0.506. The maximum atomic E-state index is 12.5. The summed E-state index contributed by atoms with van der Waals surface area (Å²) < 4.78 is 5.33. The Balaban J connectivity index is 1.77. The number of nitro groups is 1. The first-order valence-corrected chi connectivity index (χ1v) is 9.48. The predicted octanol–water partition coefficient (Wildman–Crippen LogP) is 5.07. The molecular formula is C22H18ClN3O5. The van der Waals surface area contributed by atoms with Gasteiger partial charge in [-0.25, -0.2) is 0 Å². The van der Waals surface area contributed by atoms with Gasteiger partial charge in [-0.3, -0.25) is 19.7 Å². The first-order chi connectivity index (χ1) is 14.8. The molecule has 0 atom stereocenters. The van der Waals surface area contributed by atoms with Crippen LogP contribution in [-0.4, -0.2) is 23.8 Å². The fourth-order valence-corrected chi connectivity index (χ4v) is 3.13. The van der Waals surface area contributed by atoms with Gasteiger partial charge in [0.05, 0.1) is 28.3 Å². The van der Waals surface area contributed by atoms with Gasteiger partial charge in [0.15, 0.2) is 0 Å². The molecule has 0 bridgehead atoms. The molecule has 0 spiro atoms. The van der Waals surface area contributed by atoms with Crippen molar-refractivity contribution in [1.29, 1.82) is 0 Å². The number of amides is 2. The van der Waals surface area contributed by atoms with Gasteiger partial charge in [0.1, 0.15) is 5.75 Å². The Morgan fingerprint density at radius 3 is 2.39 bits per heavy atom. The SMILES string of the molecule is COc1cc(NC(=O)c2ccc([N+](=O)[O-])c(C)c2)ccc1NC(=O)c1ccccc1Cl. The lowest BCUT2D eigenvalue weighted by atomic mass is 10.1. The van der Waals surface area contributed by atoms with Gasteiger partial charge in [0, 0.05) is 28.9 Å². The maximum absolute atomic E-state index is 12.5. The molecule has 0 aromatic heterocycles. The summed E-state index contributed by atoms with van der Waals surface area (Å²) in [5, 5.41) is 16.7. The predicted molar refractivity (Wildman–Crippen MR) is 118 cm³/mol. The highest BCUT2D eigenvalue weighted by atomic mass is 35.5. The molecule has 3 rings (SSSR count). The number of carbonyl (C=O) groups is 2. The number of rotatable bonds is 6. The zero-order valence-electron chi connectivity index (χ0n) is 16.6. The molecule has 0 heterocycles. The minimum absolute atomic E-state index is 0.0585. The molecule has 0 saturated carbocycles. The fourth-order valence-electron chi connectivity index (χ4n) is 2.91. The lowest BCUT2D eigenvalue weighted by molar-refractivity contribution is -0.385. The lowest BCUT2D eigenvalue weighted by Gasteiger charge is -2.13. The number of nitro benzene ring substituents is 1. The van der Waals surface area contributed by atoms with Crippen LogP contribution >= 0.6 is 11.6 Å². The molecule has 9 heteroatoms. The minimum Gasteiger partial charge on any atom is -0.494 e. The molecular weight excluding hydrogens is 422 g/mol. The second-order valence-corrected chi connectivity index (χ2v) is 6.97. The van der Waals surface area contributed by atoms with Crippen molar-refractivity contribution in [3.05, 3.63) is 92.5 Å². The second-order valence-electron chi connectivity index (χ2n) is 6.56. The van der Waals surface area contributed by atoms with E-state index in [-0.39, 0.29) is 11.3 Å². The number of hydrogen-bond donors (Lipinski definition) is 2. The van der Waals surface area contributed by atoms with Gasteiger partial charge in [-0.05, 0) is 43.3 Å². The van der Waals surface area contributed by atoms with E-state index in [0.29, 0.717) is 33.3 Å². The van der Waals surface area contributed by atoms with Crippen LogP contribution in [0.5, 0.6) is 5.75 Å². The maximum Gasteiger partial charge on any atom is 0.272 e. The van der Waals surface area contributed by atoms with E-state index in [1.807, 2.05) is 0 Å². The van der Waals surface area contributed by atoms with Gasteiger partial charge in [-0.15, -0.1) is 0 Å². The molecule has 0 saturated heterocycles. The third kappa shape index (κ3) is 4.99. The summed E-state index contributed by atoms with van der Waals surface area (Å²) >= 11 is 6.06. The summed E-state index contributed by atoms with van der Waals surface area (Å²) in [6.45, 7) is 1.56. The first-order valence-electron chi connectivity index (χ1n) is 9.10. The largest absolute Gasteiger partial charge is 0.494 e. The Morgan fingerprint density at radius 2 is 1.74 bits per heavy atom. The number of anilines is 2. The Labute approximate surface area is 182 Å². The van der Waals surface area contributed by atoms with Crippen molar-refractivity contribution in [3.63, 3.8) is 0 Å². The Morgan fingerprint density at radius 1 is 1.00 bits per heavy atom. The molecule has 0 aliphatic rings. The van der Waals surface area contributed by atoms with Gasteiger partial charge in [0.25, 0.3) is 17.5 Å². The fraction of sp³-hybridized carbons (Fsp3) is 0.0909. The van der Waals surface area contributed by atoms with Crippen LogP contribution in [0.1, 0.15) is 26.3 Å². The van der Waals surface area contributed by atoms with E-state index in [0.717, 1.165) is 0 Å². The van der Waals surface area contributed by atoms with E-state index < -0.39 is 16.7 Å². The summed E-state index contributed by atoms with van der Waals surface area (Å²) in [7, 11) is 1.44. The number of carbonyl (C=O) groups excluding carboxylic acids is 2. The smallest absolute Gasteiger partial charge is 0.272 e. The second kappa shape index (κ2) is 9.27. The lowest BCUT2D eigenvalue weighted by Crippen LogP contribution is -2.14. The molecule has 3 aromatic rings. The number of methoxy groups -OCH3 is 1. The van der Waals surface area contributed by atoms with E-state index in [1.54, 1.807) is 49.4 Å². The highest BCUT2D eigenvalue weighted by molar-refractivity contribution is 6.34. The molecule has 0 aliphatic heterocycles. The third-order valence-corrected chi connectivity index (χ3v) is 4.81. The number of nitrogens with zero attached hydrogens (tertiary/aromatic N) is 1. The van der Waals surface area contributed by atoms with Crippen LogP contribution in [0.25, 0.3) is 0 Å². The molecule has 2 N–H and O–H groups in total. The average Bonchev–Trinajstić information content (AvgIpc) is 2.74. The van der Waals surface area contributed by atoms with Gasteiger partial charge in [0.2, 0.25) is 0 Å². The van der Waals surface area contributed by atoms with Crippen LogP contribution in [0.4, 0.5) is 17.1 Å². The average molecular weight is 440 g/mol. The van der Waals surface area contributed by atoms with Crippen molar-refractivity contribution < 1.29 is 19.2 Å². The van der Waals surface area contributed by atoms with E-state index in [4.69, 9.17) is 16.3 Å². The van der Waals surface area contributed by atoms with Crippen LogP contribution in [0, 0.1) is 17.0 Å². The normalized spacial score (nSPS) is 10.3. The van der Waals surface area contributed by atoms with Crippen molar-refractivity contribution in [3.8, 4) is 5.75 Å². The molecule has 8 nitrogen and oxygen atoms in total. The molecule has 0 unspecified atom stereocenters. The third-order valence-electron chi connectivity index (χ3n) is 4.48. The summed E-state index contributed by atoms with van der Waals surface area (Å²) in [4.78, 5) is 35.4. The number of nitrogens with one attached hydrogen (secondary N) is 2. The monoisotopic (exact) mass is 439 g/mol. The van der Waals surface area contributed by atoms with E-state index >= 15 is 0 Å². The van der Waals surface area contributed by atoms with Crippen molar-refractivity contribution >= 4 is 40.5 Å². The molecule has 158 valence electrons. The highest BCUT2D eigenvalue weighted by Crippen LogP contribution is 2.29. The molecule has 2 amide bonds. The number of hydrogen-bond acceptors (Lipinski definition) is 5. The van der Waals surface area contributed by atoms with Crippen LogP contribution in [0.15, 0.2) is 60.7 Å². The number of halogens is 1. The van der Waals surface area contributed by atoms with Crippen LogP contribution in [0.3, 0.4) is 0 Å². The van der Waals surface area contributed by atoms with Crippen LogP contribution < -0.4 is 15.4 Å². The zero-order valence-corrected chi connectivity index (χ0v) is 17.4. The van der Waals surface area contributed by atoms with Crippen molar-refractivity contribution in [2.45, 2.75) is 6.92 Å². The van der Waals surface area contributed by atoms with E-state index in [1.165, 1.54) is 25.3 Å². The Bertz CT molecular complexity index is 1180. The number of benzene rings is 3. The highest BCUT2D eigenvalue weighted by Gasteiger charge is 2.16. The zero-order chi connectivity index (χ0) is 22.5. The molecule has 0 fully saturated rings. The van der Waals surface area contributed by atoms with Crippen molar-refractivity contribution in [1.82, 2.24) is 0 Å². The summed E-state index contributed by atoms with van der Waals surface area (Å²) in [5.41, 5.74) is 1.74. The molecule has 31 heavy (non-hydrogen) atoms. The molecule has 0 aliphatic carbocycles. The topological polar surface area (TPSA) is 111 Å². The van der Waals surface area contributed by atoms with Crippen LogP contribution in [0.2, 0.25) is 5.02 Å². The molecule has 3 aromatic carbocycles. The summed E-state index contributed by atoms with van der Waals surface area (Å²) in [6.07, 6.45) is 0. The van der Waals surface area contributed by atoms with Crippen molar-refractivity contribution in [2.75, 3.05) is 17.7 Å². The van der Waals surface area contributed by atoms with Crippen molar-refractivity contribution in [2.24, 2.45) is 0 Å². The first kappa shape index (κ1) is 21.8. The van der Waals surface area contributed by atoms with Gasteiger partial charge >= 0.3 is 0 Å². The van der Waals surface area contributed by atoms with E-state index in [9.17, 15) is 19.7 Å². The van der Waals surface area contributed by atoms with Gasteiger partial charge in [-0.1, -0.05) is 23.7 Å². The minimum atomic E-state index is -0.502. The Kier molecular flexibility index (Phi) is 6.52. The van der Waals surface area contributed by atoms with Gasteiger partial charge < -0.3 is 15.4 Å². The van der Waals surface area contributed by atoms with Gasteiger partial charge in [-0.2, -0.15) is 0 Å². The van der Waals surface area contributed by atoms with Crippen LogP contribution in [-0.2, 0) is 0 Å². The number of ether oxygens (including phenoxy) is 1. The summed E-state index contributed by atoms with van der Waals surface area (Å²) in [6, 6.07) is 15.5. The standard InChI is InChI=1S/C22H18ClN3O5/c1-13-11-14(7-10-19(13)26(29)30)21(27)24-15-8-9-18(20(12-15)31-2)25-22(28)16-5-3-4-6-17(16)23/h3-12H,1-2H3,(H,24,27)(H,25,28). The van der Waals surface area contributed by atoms with E-state index in [2.05, 4.69) is 10.6 Å². The Hall–Kier alpha value is -3.91. The number of aryl methyl sites for hydroxylation is 1. The quantitative estimate of drug-likeness (QED) is 0.411.